The number of carbonyl (C=O) groups is 2. The summed E-state index contributed by atoms with van der Waals surface area (Å²) in [6, 6.07) is 0. The van der Waals surface area contributed by atoms with Crippen LogP contribution < -0.4 is 0 Å². The van der Waals surface area contributed by atoms with Crippen LogP contribution in [0.2, 0.25) is 0 Å². The number of unbranched alkanes of at least 4 members (excludes halogenated alkanes) is 14. The summed E-state index contributed by atoms with van der Waals surface area (Å²) in [4.78, 5) is 23.0. The lowest BCUT2D eigenvalue weighted by molar-refractivity contribution is -0.147. The van der Waals surface area contributed by atoms with Crippen LogP contribution in [-0.2, 0) is 14.3 Å². The first-order chi connectivity index (χ1) is 19.6. The van der Waals surface area contributed by atoms with Crippen LogP contribution in [0, 0.1) is 0 Å². The maximum atomic E-state index is 12.4. The first-order valence-electron chi connectivity index (χ1n) is 16.6. The van der Waals surface area contributed by atoms with Gasteiger partial charge in [-0.25, -0.2) is 0 Å². The molecule has 4 nitrogen and oxygen atoms in total. The molecule has 0 aliphatic heterocycles. The van der Waals surface area contributed by atoms with Crippen molar-refractivity contribution in [2.45, 2.75) is 168 Å². The van der Waals surface area contributed by atoms with Crippen LogP contribution in [0.1, 0.15) is 162 Å². The second-order valence-corrected chi connectivity index (χ2v) is 11.0. The van der Waals surface area contributed by atoms with E-state index in [1.54, 1.807) is 0 Å². The summed E-state index contributed by atoms with van der Waals surface area (Å²) in [7, 11) is 0. The number of carbonyl (C=O) groups excluding carboxylic acids is 1. The van der Waals surface area contributed by atoms with E-state index in [4.69, 9.17) is 9.84 Å². The highest BCUT2D eigenvalue weighted by molar-refractivity contribution is 5.69. The average Bonchev–Trinajstić information content (AvgIpc) is 2.93. The maximum Gasteiger partial charge on any atom is 0.306 e. The van der Waals surface area contributed by atoms with Crippen molar-refractivity contribution < 1.29 is 19.4 Å². The van der Waals surface area contributed by atoms with Crippen molar-refractivity contribution in [3.8, 4) is 0 Å². The number of esters is 1. The zero-order chi connectivity index (χ0) is 29.4. The molecule has 40 heavy (non-hydrogen) atoms. The summed E-state index contributed by atoms with van der Waals surface area (Å²) in [5.41, 5.74) is 0. The molecule has 1 atom stereocenters. The molecule has 0 aromatic heterocycles. The van der Waals surface area contributed by atoms with Gasteiger partial charge in [-0.3, -0.25) is 9.59 Å². The second kappa shape index (κ2) is 31.4. The molecular formula is C36H62O4. The molecule has 4 heteroatoms. The molecule has 0 amide bonds. The molecule has 0 fully saturated rings. The van der Waals surface area contributed by atoms with Gasteiger partial charge in [-0.1, -0.05) is 121 Å². The summed E-state index contributed by atoms with van der Waals surface area (Å²) < 4.78 is 5.78. The predicted octanol–water partition coefficient (Wildman–Crippen LogP) is 11.2. The highest BCUT2D eigenvalue weighted by Gasteiger charge is 2.11. The number of rotatable bonds is 29. The third-order valence-corrected chi connectivity index (χ3v) is 7.01. The molecule has 0 heterocycles. The molecule has 230 valence electrons. The van der Waals surface area contributed by atoms with Crippen LogP contribution >= 0.6 is 0 Å². The Hall–Kier alpha value is -2.10. The summed E-state index contributed by atoms with van der Waals surface area (Å²) in [5, 5.41) is 8.75. The van der Waals surface area contributed by atoms with Gasteiger partial charge in [-0.2, -0.15) is 0 Å². The lowest BCUT2D eigenvalue weighted by Crippen LogP contribution is -2.16. The Labute approximate surface area is 247 Å². The van der Waals surface area contributed by atoms with Gasteiger partial charge in [0.05, 0.1) is 0 Å². The third-order valence-electron chi connectivity index (χ3n) is 7.01. The fraction of sp³-hybridized carbons (Fsp3) is 0.722. The van der Waals surface area contributed by atoms with Crippen LogP contribution in [0.25, 0.3) is 0 Å². The van der Waals surface area contributed by atoms with Crippen LogP contribution in [0.3, 0.4) is 0 Å². The molecule has 0 aliphatic rings. The van der Waals surface area contributed by atoms with Gasteiger partial charge < -0.3 is 9.84 Å². The lowest BCUT2D eigenvalue weighted by Gasteiger charge is -2.14. The van der Waals surface area contributed by atoms with Gasteiger partial charge in [0.25, 0.3) is 0 Å². The van der Waals surface area contributed by atoms with E-state index < -0.39 is 5.97 Å². The van der Waals surface area contributed by atoms with Crippen LogP contribution in [0.15, 0.2) is 48.6 Å². The first-order valence-corrected chi connectivity index (χ1v) is 16.6. The van der Waals surface area contributed by atoms with E-state index in [2.05, 4.69) is 62.5 Å². The van der Waals surface area contributed by atoms with Crippen LogP contribution in [0.4, 0.5) is 0 Å². The van der Waals surface area contributed by atoms with Gasteiger partial charge in [0, 0.05) is 12.8 Å². The molecule has 0 aromatic rings. The average molecular weight is 559 g/mol. The minimum absolute atomic E-state index is 0.0850. The summed E-state index contributed by atoms with van der Waals surface area (Å²) in [6.45, 7) is 4.42. The molecule has 0 bridgehead atoms. The van der Waals surface area contributed by atoms with E-state index in [0.29, 0.717) is 6.42 Å². The maximum absolute atomic E-state index is 12.4. The molecule has 0 aliphatic carbocycles. The van der Waals surface area contributed by atoms with Crippen molar-refractivity contribution in [2.75, 3.05) is 0 Å². The molecule has 0 rings (SSSR count). The molecule has 0 saturated heterocycles. The molecule has 0 saturated carbocycles. The van der Waals surface area contributed by atoms with Crippen molar-refractivity contribution in [3.63, 3.8) is 0 Å². The first kappa shape index (κ1) is 37.9. The standard InChI is InChI=1S/C36H62O4/c1-3-5-7-9-10-11-12-13-14-15-16-17-18-19-20-21-22-23-29-33-36(39)40-34(30-26-8-6-4-2)31-27-24-25-28-32-35(37)38/h10-11,13-14,16-17,26,30,34H,3-9,12,15,18-25,27-29,31-33H2,1-2H3,(H,37,38)/b11-10-,14-13-,17-16-,30-26-. The Kier molecular flexibility index (Phi) is 29.8. The molecule has 1 unspecified atom stereocenters. The van der Waals surface area contributed by atoms with Crippen molar-refractivity contribution in [2.24, 2.45) is 0 Å². The van der Waals surface area contributed by atoms with Crippen molar-refractivity contribution in [3.05, 3.63) is 48.6 Å². The highest BCUT2D eigenvalue weighted by Crippen LogP contribution is 2.14. The molecule has 0 aromatic carbocycles. The van der Waals surface area contributed by atoms with Gasteiger partial charge in [0.2, 0.25) is 0 Å². The summed E-state index contributed by atoms with van der Waals surface area (Å²) >= 11 is 0. The number of aliphatic carboxylic acids is 1. The van der Waals surface area contributed by atoms with Crippen molar-refractivity contribution in [1.82, 2.24) is 0 Å². The van der Waals surface area contributed by atoms with Gasteiger partial charge in [-0.05, 0) is 76.7 Å². The third kappa shape index (κ3) is 30.4. The molecule has 0 spiro atoms. The quantitative estimate of drug-likeness (QED) is 0.0563. The van der Waals surface area contributed by atoms with Gasteiger partial charge in [0.15, 0.2) is 0 Å². The number of ether oxygens (including phenoxy) is 1. The number of hydrogen-bond acceptors (Lipinski definition) is 3. The number of allylic oxidation sites excluding steroid dienone is 7. The number of carboxylic acid groups (broad SMARTS) is 1. The number of hydrogen-bond donors (Lipinski definition) is 1. The Morgan fingerprint density at radius 2 is 1.07 bits per heavy atom. The normalized spacial score (nSPS) is 12.8. The van der Waals surface area contributed by atoms with E-state index >= 15 is 0 Å². The molecular weight excluding hydrogens is 496 g/mol. The zero-order valence-corrected chi connectivity index (χ0v) is 26.1. The highest BCUT2D eigenvalue weighted by atomic mass is 16.5. The van der Waals surface area contributed by atoms with E-state index in [0.717, 1.165) is 83.5 Å². The molecule has 1 N–H and O–H groups in total. The Bertz CT molecular complexity index is 689. The summed E-state index contributed by atoms with van der Waals surface area (Å²) in [6.07, 6.45) is 41.5. The van der Waals surface area contributed by atoms with E-state index in [9.17, 15) is 9.59 Å². The SMILES string of the molecule is CCCC/C=C\C(CCCCCCC(=O)O)OC(=O)CCCCCCCC/C=C\C/C=C\C/C=C\CCCCC. The fourth-order valence-electron chi connectivity index (χ4n) is 4.50. The van der Waals surface area contributed by atoms with E-state index in [1.807, 2.05) is 0 Å². The summed E-state index contributed by atoms with van der Waals surface area (Å²) in [5.74, 6) is -0.813. The van der Waals surface area contributed by atoms with Gasteiger partial charge >= 0.3 is 11.9 Å². The Morgan fingerprint density at radius 1 is 0.575 bits per heavy atom. The van der Waals surface area contributed by atoms with Gasteiger partial charge in [-0.15, -0.1) is 0 Å². The van der Waals surface area contributed by atoms with Gasteiger partial charge in [0.1, 0.15) is 6.10 Å². The smallest absolute Gasteiger partial charge is 0.306 e. The minimum atomic E-state index is -0.728. The Morgan fingerprint density at radius 3 is 1.70 bits per heavy atom. The predicted molar refractivity (Wildman–Crippen MR) is 172 cm³/mol. The largest absolute Gasteiger partial charge is 0.481 e. The van der Waals surface area contributed by atoms with Crippen molar-refractivity contribution >= 4 is 11.9 Å². The number of carboxylic acids is 1. The minimum Gasteiger partial charge on any atom is -0.481 e. The monoisotopic (exact) mass is 558 g/mol. The zero-order valence-electron chi connectivity index (χ0n) is 26.1. The van der Waals surface area contributed by atoms with E-state index in [-0.39, 0.29) is 18.5 Å². The topological polar surface area (TPSA) is 63.6 Å². The second-order valence-electron chi connectivity index (χ2n) is 11.0. The fourth-order valence-corrected chi connectivity index (χ4v) is 4.50. The Balaban J connectivity index is 3.83. The molecule has 0 radical (unpaired) electrons. The van der Waals surface area contributed by atoms with Crippen molar-refractivity contribution in [1.29, 1.82) is 0 Å². The van der Waals surface area contributed by atoms with Crippen LogP contribution in [0.5, 0.6) is 0 Å². The lowest BCUT2D eigenvalue weighted by atomic mass is 10.1. The van der Waals surface area contributed by atoms with Crippen LogP contribution in [-0.4, -0.2) is 23.1 Å². The van der Waals surface area contributed by atoms with E-state index in [1.165, 1.54) is 51.4 Å².